The molecule has 8 heteroatoms. The van der Waals surface area contributed by atoms with Gasteiger partial charge in [-0.05, 0) is 67.8 Å². The van der Waals surface area contributed by atoms with Gasteiger partial charge in [0.05, 0.1) is 19.4 Å². The molecular weight excluding hydrogens is 418 g/mol. The summed E-state index contributed by atoms with van der Waals surface area (Å²) >= 11 is 5.85. The first kappa shape index (κ1) is 24.2. The van der Waals surface area contributed by atoms with E-state index in [1.54, 1.807) is 49.6 Å². The summed E-state index contributed by atoms with van der Waals surface area (Å²) in [6.45, 7) is 7.55. The molecule has 0 aliphatic carbocycles. The van der Waals surface area contributed by atoms with Gasteiger partial charge in [0.25, 0.3) is 11.8 Å². The van der Waals surface area contributed by atoms with E-state index in [0.717, 1.165) is 5.56 Å². The highest BCUT2D eigenvalue weighted by Crippen LogP contribution is 2.28. The van der Waals surface area contributed by atoms with E-state index in [2.05, 4.69) is 15.8 Å². The molecule has 0 saturated carbocycles. The molecule has 0 fully saturated rings. The summed E-state index contributed by atoms with van der Waals surface area (Å²) in [5.74, 6) is 0.280. The normalized spacial score (nSPS) is 12.1. The maximum atomic E-state index is 12.6. The summed E-state index contributed by atoms with van der Waals surface area (Å²) in [6, 6.07) is 11.0. The Morgan fingerprint density at radius 1 is 1.03 bits per heavy atom. The first-order chi connectivity index (χ1) is 14.7. The van der Waals surface area contributed by atoms with Crippen LogP contribution in [0.1, 0.15) is 43.6 Å². The van der Waals surface area contributed by atoms with Crippen LogP contribution in [0.15, 0.2) is 47.6 Å². The molecular formula is C23H28ClN3O4. The van der Waals surface area contributed by atoms with Crippen LogP contribution in [0.25, 0.3) is 0 Å². The first-order valence-electron chi connectivity index (χ1n) is 9.95. The van der Waals surface area contributed by atoms with Gasteiger partial charge in [0.15, 0.2) is 11.5 Å². The average Bonchev–Trinajstić information content (AvgIpc) is 2.72. The van der Waals surface area contributed by atoms with Crippen molar-refractivity contribution >= 4 is 29.6 Å². The van der Waals surface area contributed by atoms with Crippen LogP contribution in [-0.4, -0.2) is 37.3 Å². The zero-order valence-corrected chi connectivity index (χ0v) is 19.1. The van der Waals surface area contributed by atoms with Gasteiger partial charge in [-0.1, -0.05) is 25.4 Å². The lowest BCUT2D eigenvalue weighted by atomic mass is 10.0. The van der Waals surface area contributed by atoms with Gasteiger partial charge < -0.3 is 14.8 Å². The van der Waals surface area contributed by atoms with Crippen molar-refractivity contribution in [2.45, 2.75) is 39.8 Å². The van der Waals surface area contributed by atoms with Crippen LogP contribution < -0.4 is 20.2 Å². The molecule has 7 nitrogen and oxygen atoms in total. The molecule has 1 atom stereocenters. The summed E-state index contributed by atoms with van der Waals surface area (Å²) in [7, 11) is 1.56. The van der Waals surface area contributed by atoms with Crippen LogP contribution in [0, 0.1) is 5.92 Å². The van der Waals surface area contributed by atoms with Crippen LogP contribution in [0.2, 0.25) is 5.02 Å². The Morgan fingerprint density at radius 2 is 1.71 bits per heavy atom. The number of ether oxygens (including phenoxy) is 2. The average molecular weight is 446 g/mol. The lowest BCUT2D eigenvalue weighted by Crippen LogP contribution is -2.48. The largest absolute Gasteiger partial charge is 0.493 e. The summed E-state index contributed by atoms with van der Waals surface area (Å²) in [5, 5.41) is 7.28. The van der Waals surface area contributed by atoms with E-state index in [1.807, 2.05) is 27.7 Å². The molecule has 166 valence electrons. The van der Waals surface area contributed by atoms with E-state index >= 15 is 0 Å². The van der Waals surface area contributed by atoms with Gasteiger partial charge in [-0.25, -0.2) is 5.43 Å². The molecule has 0 radical (unpaired) electrons. The zero-order chi connectivity index (χ0) is 23.0. The molecule has 2 N–H and O–H groups in total. The Hall–Kier alpha value is -3.06. The fourth-order valence-electron chi connectivity index (χ4n) is 2.72. The minimum absolute atomic E-state index is 0.0174. The minimum atomic E-state index is -0.753. The number of hydrazone groups is 1. The molecule has 2 amide bonds. The summed E-state index contributed by atoms with van der Waals surface area (Å²) in [4.78, 5) is 25.0. The van der Waals surface area contributed by atoms with Crippen molar-refractivity contribution in [1.29, 1.82) is 0 Å². The molecule has 31 heavy (non-hydrogen) atoms. The quantitative estimate of drug-likeness (QED) is 0.450. The third kappa shape index (κ3) is 7.29. The summed E-state index contributed by atoms with van der Waals surface area (Å²) in [5.41, 5.74) is 3.63. The molecule has 2 aromatic rings. The predicted molar refractivity (Wildman–Crippen MR) is 122 cm³/mol. The second-order valence-corrected chi connectivity index (χ2v) is 7.95. The predicted octanol–water partition coefficient (Wildman–Crippen LogP) is 4.04. The van der Waals surface area contributed by atoms with Crippen molar-refractivity contribution in [3.05, 3.63) is 58.6 Å². The highest BCUT2D eigenvalue weighted by molar-refractivity contribution is 6.30. The number of nitrogens with one attached hydrogen (secondary N) is 2. The number of nitrogens with zero attached hydrogens (tertiary/aromatic N) is 1. The first-order valence-corrected chi connectivity index (χ1v) is 10.3. The number of amides is 2. The Bertz CT molecular complexity index is 927. The number of carbonyl (C=O) groups excluding carboxylic acids is 2. The van der Waals surface area contributed by atoms with Crippen LogP contribution in [0.4, 0.5) is 0 Å². The van der Waals surface area contributed by atoms with Gasteiger partial charge in [-0.15, -0.1) is 0 Å². The number of halogens is 1. The maximum absolute atomic E-state index is 12.6. The topological polar surface area (TPSA) is 89.0 Å². The summed E-state index contributed by atoms with van der Waals surface area (Å²) < 4.78 is 11.0. The second-order valence-electron chi connectivity index (χ2n) is 7.51. The van der Waals surface area contributed by atoms with Crippen molar-refractivity contribution in [2.24, 2.45) is 11.0 Å². The van der Waals surface area contributed by atoms with E-state index in [4.69, 9.17) is 21.1 Å². The molecule has 0 bridgehead atoms. The molecule has 0 aromatic heterocycles. The monoisotopic (exact) mass is 445 g/mol. The number of benzene rings is 2. The third-order valence-corrected chi connectivity index (χ3v) is 4.53. The van der Waals surface area contributed by atoms with Crippen molar-refractivity contribution in [3.8, 4) is 11.5 Å². The smallest absolute Gasteiger partial charge is 0.262 e. The highest BCUT2D eigenvalue weighted by Gasteiger charge is 2.24. The van der Waals surface area contributed by atoms with Crippen LogP contribution >= 0.6 is 11.6 Å². The Kier molecular flexibility index (Phi) is 8.88. The fourth-order valence-corrected chi connectivity index (χ4v) is 2.84. The van der Waals surface area contributed by atoms with Crippen molar-refractivity contribution < 1.29 is 19.1 Å². The maximum Gasteiger partial charge on any atom is 0.262 e. The molecule has 2 rings (SSSR count). The third-order valence-electron chi connectivity index (χ3n) is 4.28. The molecule has 0 saturated heterocycles. The second kappa shape index (κ2) is 11.4. The van der Waals surface area contributed by atoms with Gasteiger partial charge in [-0.3, -0.25) is 9.59 Å². The standard InChI is InChI=1S/C23H28ClN3O4/c1-14(2)21(26-22(28)17-7-9-18(24)10-8-17)23(29)27-25-13-16-6-11-19(31-15(3)4)20(12-16)30-5/h6-15,21H,1-5H3,(H,26,28)(H,27,29)/b25-13+. The van der Waals surface area contributed by atoms with Crippen LogP contribution in [-0.2, 0) is 4.79 Å². The van der Waals surface area contributed by atoms with E-state index in [0.29, 0.717) is 22.1 Å². The molecule has 2 aromatic carbocycles. The van der Waals surface area contributed by atoms with Gasteiger partial charge in [-0.2, -0.15) is 5.10 Å². The van der Waals surface area contributed by atoms with E-state index < -0.39 is 11.9 Å². The van der Waals surface area contributed by atoms with E-state index in [1.165, 1.54) is 6.21 Å². The molecule has 0 aliphatic heterocycles. The number of rotatable bonds is 9. The van der Waals surface area contributed by atoms with Gasteiger partial charge in [0.2, 0.25) is 0 Å². The Labute approximate surface area is 187 Å². The van der Waals surface area contributed by atoms with Gasteiger partial charge >= 0.3 is 0 Å². The highest BCUT2D eigenvalue weighted by atomic mass is 35.5. The van der Waals surface area contributed by atoms with Crippen molar-refractivity contribution in [1.82, 2.24) is 10.7 Å². The fraction of sp³-hybridized carbons (Fsp3) is 0.348. The van der Waals surface area contributed by atoms with E-state index in [9.17, 15) is 9.59 Å². The van der Waals surface area contributed by atoms with Crippen LogP contribution in [0.3, 0.4) is 0 Å². The zero-order valence-electron chi connectivity index (χ0n) is 18.3. The van der Waals surface area contributed by atoms with Gasteiger partial charge in [0, 0.05) is 10.6 Å². The number of hydrogen-bond donors (Lipinski definition) is 2. The van der Waals surface area contributed by atoms with Crippen molar-refractivity contribution in [2.75, 3.05) is 7.11 Å². The van der Waals surface area contributed by atoms with E-state index in [-0.39, 0.29) is 17.9 Å². The SMILES string of the molecule is COc1cc(/C=N/NC(=O)C(NC(=O)c2ccc(Cl)cc2)C(C)C)ccc1OC(C)C. The summed E-state index contributed by atoms with van der Waals surface area (Å²) in [6.07, 6.45) is 1.52. The minimum Gasteiger partial charge on any atom is -0.493 e. The Morgan fingerprint density at radius 3 is 2.29 bits per heavy atom. The molecule has 1 unspecified atom stereocenters. The molecule has 0 aliphatic rings. The molecule has 0 heterocycles. The lowest BCUT2D eigenvalue weighted by Gasteiger charge is -2.20. The van der Waals surface area contributed by atoms with Crippen LogP contribution in [0.5, 0.6) is 11.5 Å². The number of methoxy groups -OCH3 is 1. The number of carbonyl (C=O) groups is 2. The van der Waals surface area contributed by atoms with Crippen molar-refractivity contribution in [3.63, 3.8) is 0 Å². The molecule has 0 spiro atoms. The van der Waals surface area contributed by atoms with Gasteiger partial charge in [0.1, 0.15) is 6.04 Å². The number of hydrogen-bond acceptors (Lipinski definition) is 5. The lowest BCUT2D eigenvalue weighted by molar-refractivity contribution is -0.123. The Balaban J connectivity index is 2.03.